The SMILES string of the molecule is COc1nc(Cl)nc2cn(Cc3coc(CO)n3)nc12. The smallest absolute Gasteiger partial charge is 0.246 e. The van der Waals surface area contributed by atoms with Crippen LogP contribution in [0.4, 0.5) is 0 Å². The summed E-state index contributed by atoms with van der Waals surface area (Å²) in [4.78, 5) is 12.1. The number of aromatic nitrogens is 5. The van der Waals surface area contributed by atoms with E-state index in [1.54, 1.807) is 10.9 Å². The Balaban J connectivity index is 1.96. The van der Waals surface area contributed by atoms with Crippen molar-refractivity contribution in [2.24, 2.45) is 0 Å². The number of halogens is 1. The van der Waals surface area contributed by atoms with Gasteiger partial charge in [-0.05, 0) is 11.6 Å². The summed E-state index contributed by atoms with van der Waals surface area (Å²) in [5.74, 6) is 0.576. The molecule has 0 radical (unpaired) electrons. The molecule has 0 saturated carbocycles. The van der Waals surface area contributed by atoms with Gasteiger partial charge in [0.15, 0.2) is 5.52 Å². The van der Waals surface area contributed by atoms with Crippen LogP contribution >= 0.6 is 11.6 Å². The summed E-state index contributed by atoms with van der Waals surface area (Å²) in [6, 6.07) is 0. The first-order valence-corrected chi connectivity index (χ1v) is 6.06. The van der Waals surface area contributed by atoms with E-state index in [1.165, 1.54) is 13.4 Å². The molecule has 0 fully saturated rings. The molecule has 0 aliphatic rings. The molecular formula is C11H10ClN5O3. The highest BCUT2D eigenvalue weighted by Crippen LogP contribution is 2.22. The topological polar surface area (TPSA) is 99.1 Å². The number of aliphatic hydroxyl groups excluding tert-OH is 1. The lowest BCUT2D eigenvalue weighted by Crippen LogP contribution is -2.00. The van der Waals surface area contributed by atoms with Crippen molar-refractivity contribution in [1.29, 1.82) is 0 Å². The third-order valence-corrected chi connectivity index (χ3v) is 2.77. The van der Waals surface area contributed by atoms with Gasteiger partial charge in [-0.15, -0.1) is 0 Å². The van der Waals surface area contributed by atoms with E-state index < -0.39 is 0 Å². The molecule has 8 nitrogen and oxygen atoms in total. The van der Waals surface area contributed by atoms with Crippen LogP contribution in [0.2, 0.25) is 5.28 Å². The van der Waals surface area contributed by atoms with Gasteiger partial charge in [-0.3, -0.25) is 4.68 Å². The van der Waals surface area contributed by atoms with Crippen LogP contribution in [0.1, 0.15) is 11.6 Å². The average molecular weight is 296 g/mol. The van der Waals surface area contributed by atoms with Crippen molar-refractivity contribution in [2.45, 2.75) is 13.2 Å². The molecule has 0 aliphatic heterocycles. The van der Waals surface area contributed by atoms with Gasteiger partial charge < -0.3 is 14.3 Å². The highest BCUT2D eigenvalue weighted by atomic mass is 35.5. The van der Waals surface area contributed by atoms with Gasteiger partial charge in [-0.1, -0.05) is 0 Å². The molecule has 3 rings (SSSR count). The van der Waals surface area contributed by atoms with Gasteiger partial charge in [0.2, 0.25) is 17.1 Å². The number of hydrogen-bond acceptors (Lipinski definition) is 7. The predicted molar refractivity (Wildman–Crippen MR) is 68.4 cm³/mol. The van der Waals surface area contributed by atoms with Crippen LogP contribution in [0.15, 0.2) is 16.9 Å². The maximum atomic E-state index is 8.90. The minimum atomic E-state index is -0.240. The van der Waals surface area contributed by atoms with Gasteiger partial charge in [-0.25, -0.2) is 9.97 Å². The molecule has 104 valence electrons. The number of hydrogen-bond donors (Lipinski definition) is 1. The number of nitrogens with zero attached hydrogens (tertiary/aromatic N) is 5. The molecule has 0 bridgehead atoms. The number of methoxy groups -OCH3 is 1. The minimum Gasteiger partial charge on any atom is -0.479 e. The lowest BCUT2D eigenvalue weighted by molar-refractivity contribution is 0.240. The summed E-state index contributed by atoms with van der Waals surface area (Å²) in [5.41, 5.74) is 1.73. The third kappa shape index (κ3) is 2.30. The fourth-order valence-electron chi connectivity index (χ4n) is 1.79. The van der Waals surface area contributed by atoms with Crippen LogP contribution in [-0.2, 0) is 13.2 Å². The van der Waals surface area contributed by atoms with Gasteiger partial charge in [0, 0.05) is 0 Å². The van der Waals surface area contributed by atoms with Crippen LogP contribution < -0.4 is 4.74 Å². The molecule has 0 amide bonds. The van der Waals surface area contributed by atoms with Crippen molar-refractivity contribution in [3.05, 3.63) is 29.3 Å². The lowest BCUT2D eigenvalue weighted by atomic mass is 10.4. The van der Waals surface area contributed by atoms with Crippen LogP contribution in [-0.4, -0.2) is 36.9 Å². The fourth-order valence-corrected chi connectivity index (χ4v) is 1.96. The van der Waals surface area contributed by atoms with Crippen molar-refractivity contribution in [3.63, 3.8) is 0 Å². The Morgan fingerprint density at radius 3 is 2.95 bits per heavy atom. The number of oxazole rings is 1. The summed E-state index contributed by atoms with van der Waals surface area (Å²) in [7, 11) is 1.49. The van der Waals surface area contributed by atoms with E-state index in [4.69, 9.17) is 25.9 Å². The van der Waals surface area contributed by atoms with Crippen molar-refractivity contribution in [1.82, 2.24) is 24.7 Å². The van der Waals surface area contributed by atoms with Gasteiger partial charge in [0.1, 0.15) is 24.1 Å². The molecule has 0 aromatic carbocycles. The van der Waals surface area contributed by atoms with E-state index in [2.05, 4.69) is 20.1 Å². The zero-order chi connectivity index (χ0) is 14.1. The van der Waals surface area contributed by atoms with E-state index in [9.17, 15) is 0 Å². The fraction of sp³-hybridized carbons (Fsp3) is 0.273. The zero-order valence-electron chi connectivity index (χ0n) is 10.4. The van der Waals surface area contributed by atoms with E-state index in [0.29, 0.717) is 29.2 Å². The van der Waals surface area contributed by atoms with Crippen LogP contribution in [0.5, 0.6) is 5.88 Å². The number of fused-ring (bicyclic) bond motifs is 1. The van der Waals surface area contributed by atoms with Crippen molar-refractivity contribution >= 4 is 22.6 Å². The quantitative estimate of drug-likeness (QED) is 0.717. The second-order valence-electron chi connectivity index (χ2n) is 3.95. The first-order valence-electron chi connectivity index (χ1n) is 5.68. The largest absolute Gasteiger partial charge is 0.479 e. The lowest BCUT2D eigenvalue weighted by Gasteiger charge is -1.98. The maximum absolute atomic E-state index is 8.90. The average Bonchev–Trinajstić information content (AvgIpc) is 3.04. The first kappa shape index (κ1) is 12.8. The molecule has 0 aliphatic carbocycles. The van der Waals surface area contributed by atoms with Crippen LogP contribution in [0.3, 0.4) is 0 Å². The molecule has 0 saturated heterocycles. The Morgan fingerprint density at radius 1 is 1.40 bits per heavy atom. The molecule has 3 aromatic heterocycles. The number of ether oxygens (including phenoxy) is 1. The molecule has 1 N–H and O–H groups in total. The summed E-state index contributed by atoms with van der Waals surface area (Å²) in [5, 5.41) is 13.3. The molecule has 0 spiro atoms. The third-order valence-electron chi connectivity index (χ3n) is 2.60. The van der Waals surface area contributed by atoms with Crippen molar-refractivity contribution in [2.75, 3.05) is 7.11 Å². The highest BCUT2D eigenvalue weighted by molar-refractivity contribution is 6.28. The Bertz CT molecular complexity index is 754. The van der Waals surface area contributed by atoms with Crippen molar-refractivity contribution in [3.8, 4) is 5.88 Å². The predicted octanol–water partition coefficient (Wildman–Crippen LogP) is 1.02. The Labute approximate surface area is 118 Å². The molecule has 0 atom stereocenters. The van der Waals surface area contributed by atoms with Crippen LogP contribution in [0.25, 0.3) is 11.0 Å². The van der Waals surface area contributed by atoms with Gasteiger partial charge in [0.05, 0.1) is 19.9 Å². The second-order valence-corrected chi connectivity index (χ2v) is 4.29. The number of rotatable bonds is 4. The Kier molecular flexibility index (Phi) is 3.25. The van der Waals surface area contributed by atoms with E-state index in [-0.39, 0.29) is 17.8 Å². The Hall–Kier alpha value is -2.19. The molecule has 0 unspecified atom stereocenters. The van der Waals surface area contributed by atoms with Crippen molar-refractivity contribution < 1.29 is 14.3 Å². The summed E-state index contributed by atoms with van der Waals surface area (Å²) in [6.07, 6.45) is 3.17. The van der Waals surface area contributed by atoms with Gasteiger partial charge in [-0.2, -0.15) is 10.1 Å². The molecule has 3 aromatic rings. The van der Waals surface area contributed by atoms with E-state index >= 15 is 0 Å². The zero-order valence-corrected chi connectivity index (χ0v) is 11.2. The van der Waals surface area contributed by atoms with Gasteiger partial charge >= 0.3 is 0 Å². The highest BCUT2D eigenvalue weighted by Gasteiger charge is 2.12. The van der Waals surface area contributed by atoms with Gasteiger partial charge in [0.25, 0.3) is 0 Å². The summed E-state index contributed by atoms with van der Waals surface area (Å²) in [6.45, 7) is 0.136. The molecule has 3 heterocycles. The molecular weight excluding hydrogens is 286 g/mol. The summed E-state index contributed by atoms with van der Waals surface area (Å²) >= 11 is 5.80. The van der Waals surface area contributed by atoms with Crippen LogP contribution in [0, 0.1) is 0 Å². The summed E-state index contributed by atoms with van der Waals surface area (Å²) < 4.78 is 11.8. The van der Waals surface area contributed by atoms with E-state index in [1.807, 2.05) is 0 Å². The number of aliphatic hydroxyl groups is 1. The van der Waals surface area contributed by atoms with E-state index in [0.717, 1.165) is 0 Å². The molecule has 9 heteroatoms. The molecule has 20 heavy (non-hydrogen) atoms. The standard InChI is InChI=1S/C11H10ClN5O3/c1-19-10-9-7(14-11(12)15-10)3-17(16-9)2-6-5-20-8(4-18)13-6/h3,5,18H,2,4H2,1H3. The monoisotopic (exact) mass is 295 g/mol. The first-order chi connectivity index (χ1) is 9.69. The minimum absolute atomic E-state index is 0.0953. The second kappa shape index (κ2) is 5.06. The Morgan fingerprint density at radius 2 is 2.25 bits per heavy atom. The maximum Gasteiger partial charge on any atom is 0.246 e. The normalized spacial score (nSPS) is 11.2.